The van der Waals surface area contributed by atoms with Crippen LogP contribution in [0.3, 0.4) is 0 Å². The lowest BCUT2D eigenvalue weighted by Crippen LogP contribution is -2.33. The SMILES string of the molecule is CC1(C)C(C#N)=C(CSC#N)NC(CSC#N)=C1C#N. The predicted molar refractivity (Wildman–Crippen MR) is 78.3 cm³/mol. The highest BCUT2D eigenvalue weighted by atomic mass is 32.2. The number of allylic oxidation sites excluding steroid dienone is 2. The van der Waals surface area contributed by atoms with Crippen LogP contribution in [0.2, 0.25) is 0 Å². The Kier molecular flexibility index (Phi) is 5.53. The summed E-state index contributed by atoms with van der Waals surface area (Å²) in [5.74, 6) is 0.699. The number of dihydropyridines is 1. The maximum Gasteiger partial charge on any atom is 0.133 e. The van der Waals surface area contributed by atoms with E-state index in [4.69, 9.17) is 10.5 Å². The van der Waals surface area contributed by atoms with Crippen molar-refractivity contribution < 1.29 is 0 Å². The number of rotatable bonds is 4. The molecule has 0 fully saturated rings. The molecule has 1 aliphatic rings. The molecule has 100 valence electrons. The highest BCUT2D eigenvalue weighted by Gasteiger charge is 2.37. The van der Waals surface area contributed by atoms with Crippen molar-refractivity contribution in [3.8, 4) is 22.9 Å². The summed E-state index contributed by atoms with van der Waals surface area (Å²) in [6.07, 6.45) is 0. The largest absolute Gasteiger partial charge is 0.359 e. The molecule has 0 aromatic carbocycles. The van der Waals surface area contributed by atoms with E-state index in [9.17, 15) is 10.5 Å². The number of thioether (sulfide) groups is 2. The summed E-state index contributed by atoms with van der Waals surface area (Å²) in [6, 6.07) is 4.26. The normalized spacial score (nSPS) is 16.5. The number of hydrogen-bond acceptors (Lipinski definition) is 7. The van der Waals surface area contributed by atoms with Crippen molar-refractivity contribution in [2.45, 2.75) is 13.8 Å². The Morgan fingerprint density at radius 2 is 1.30 bits per heavy atom. The Bertz CT molecular complexity index is 578. The molecule has 0 saturated carbocycles. The zero-order valence-electron chi connectivity index (χ0n) is 11.0. The Morgan fingerprint density at radius 3 is 1.60 bits per heavy atom. The first kappa shape index (κ1) is 16.0. The molecule has 0 aromatic heterocycles. The van der Waals surface area contributed by atoms with E-state index in [0.717, 1.165) is 23.5 Å². The van der Waals surface area contributed by atoms with Gasteiger partial charge in [-0.15, -0.1) is 0 Å². The fraction of sp³-hybridized carbons (Fsp3) is 0.385. The molecule has 1 N–H and O–H groups in total. The molecular weight excluding hydrogens is 290 g/mol. The van der Waals surface area contributed by atoms with Crippen LogP contribution >= 0.6 is 23.5 Å². The van der Waals surface area contributed by atoms with Gasteiger partial charge < -0.3 is 5.32 Å². The van der Waals surface area contributed by atoms with Crippen LogP contribution in [0.4, 0.5) is 0 Å². The minimum Gasteiger partial charge on any atom is -0.359 e. The molecule has 1 heterocycles. The Morgan fingerprint density at radius 1 is 0.900 bits per heavy atom. The molecular formula is C13H11N5S2. The van der Waals surface area contributed by atoms with E-state index in [0.29, 0.717) is 34.0 Å². The molecule has 0 aliphatic carbocycles. The van der Waals surface area contributed by atoms with Gasteiger partial charge in [0.15, 0.2) is 0 Å². The lowest BCUT2D eigenvalue weighted by Gasteiger charge is -2.33. The number of hydrogen-bond donors (Lipinski definition) is 1. The highest BCUT2D eigenvalue weighted by Crippen LogP contribution is 2.41. The third kappa shape index (κ3) is 3.09. The van der Waals surface area contributed by atoms with Gasteiger partial charge in [-0.25, -0.2) is 0 Å². The fourth-order valence-corrected chi connectivity index (χ4v) is 2.88. The van der Waals surface area contributed by atoms with Crippen LogP contribution in [0, 0.1) is 49.4 Å². The molecule has 0 saturated heterocycles. The fourth-order valence-electron chi connectivity index (χ4n) is 2.03. The molecule has 0 aromatic rings. The predicted octanol–water partition coefficient (Wildman–Crippen LogP) is 2.60. The minimum absolute atomic E-state index is 0.349. The summed E-state index contributed by atoms with van der Waals surface area (Å²) in [4.78, 5) is 0. The van der Waals surface area contributed by atoms with Crippen molar-refractivity contribution >= 4 is 23.5 Å². The first-order valence-electron chi connectivity index (χ1n) is 5.59. The third-order valence-electron chi connectivity index (χ3n) is 2.94. The lowest BCUT2D eigenvalue weighted by molar-refractivity contribution is 0.535. The summed E-state index contributed by atoms with van der Waals surface area (Å²) < 4.78 is 0. The molecule has 1 aliphatic heterocycles. The molecule has 0 radical (unpaired) electrons. The molecule has 5 nitrogen and oxygen atoms in total. The van der Waals surface area contributed by atoms with E-state index in [2.05, 4.69) is 17.5 Å². The topological polar surface area (TPSA) is 107 Å². The van der Waals surface area contributed by atoms with E-state index in [1.807, 2.05) is 10.8 Å². The van der Waals surface area contributed by atoms with Crippen molar-refractivity contribution in [3.05, 3.63) is 22.5 Å². The van der Waals surface area contributed by atoms with Crippen molar-refractivity contribution in [1.29, 1.82) is 21.0 Å². The van der Waals surface area contributed by atoms with Crippen LogP contribution in [0.15, 0.2) is 22.5 Å². The third-order valence-corrected chi connectivity index (χ3v) is 4.07. The Balaban J connectivity index is 3.28. The molecule has 0 amide bonds. The van der Waals surface area contributed by atoms with Gasteiger partial charge in [-0.05, 0) is 23.5 Å². The summed E-state index contributed by atoms with van der Waals surface area (Å²) in [5.41, 5.74) is 1.48. The summed E-state index contributed by atoms with van der Waals surface area (Å²) in [5, 5.41) is 43.0. The van der Waals surface area contributed by atoms with Gasteiger partial charge in [-0.2, -0.15) is 21.0 Å². The van der Waals surface area contributed by atoms with Gasteiger partial charge in [0.05, 0.1) is 23.3 Å². The second kappa shape index (κ2) is 6.92. The molecule has 0 bridgehead atoms. The van der Waals surface area contributed by atoms with Crippen LogP contribution in [0.25, 0.3) is 0 Å². The number of nitriles is 4. The van der Waals surface area contributed by atoms with Gasteiger partial charge in [-0.3, -0.25) is 0 Å². The van der Waals surface area contributed by atoms with Gasteiger partial charge in [-0.1, -0.05) is 13.8 Å². The molecule has 20 heavy (non-hydrogen) atoms. The monoisotopic (exact) mass is 301 g/mol. The second-order valence-corrected chi connectivity index (χ2v) is 5.96. The first-order chi connectivity index (χ1) is 9.52. The van der Waals surface area contributed by atoms with Crippen LogP contribution in [-0.4, -0.2) is 11.5 Å². The first-order valence-corrected chi connectivity index (χ1v) is 7.56. The lowest BCUT2D eigenvalue weighted by atomic mass is 9.74. The van der Waals surface area contributed by atoms with E-state index in [-0.39, 0.29) is 0 Å². The van der Waals surface area contributed by atoms with Gasteiger partial charge in [0.2, 0.25) is 0 Å². The second-order valence-electron chi connectivity index (χ2n) is 4.44. The van der Waals surface area contributed by atoms with E-state index in [1.165, 1.54) is 0 Å². The quantitative estimate of drug-likeness (QED) is 0.795. The average molecular weight is 301 g/mol. The van der Waals surface area contributed by atoms with Crippen LogP contribution < -0.4 is 5.32 Å². The summed E-state index contributed by atoms with van der Waals surface area (Å²) >= 11 is 2.05. The molecule has 0 unspecified atom stereocenters. The van der Waals surface area contributed by atoms with Gasteiger partial charge in [0, 0.05) is 28.3 Å². The zero-order chi connectivity index (χ0) is 15.2. The molecule has 7 heteroatoms. The maximum atomic E-state index is 9.34. The number of nitrogens with one attached hydrogen (secondary N) is 1. The minimum atomic E-state index is -0.717. The summed E-state index contributed by atoms with van der Waals surface area (Å²) in [6.45, 7) is 3.61. The Labute approximate surface area is 126 Å². The van der Waals surface area contributed by atoms with E-state index in [1.54, 1.807) is 13.8 Å². The van der Waals surface area contributed by atoms with Crippen LogP contribution in [0.1, 0.15) is 13.8 Å². The average Bonchev–Trinajstić information content (AvgIpc) is 2.41. The molecule has 0 spiro atoms. The number of thiocyanates is 2. The van der Waals surface area contributed by atoms with E-state index >= 15 is 0 Å². The highest BCUT2D eigenvalue weighted by molar-refractivity contribution is 8.04. The van der Waals surface area contributed by atoms with Crippen molar-refractivity contribution in [1.82, 2.24) is 5.32 Å². The molecule has 0 atom stereocenters. The van der Waals surface area contributed by atoms with Crippen molar-refractivity contribution in [3.63, 3.8) is 0 Å². The van der Waals surface area contributed by atoms with Gasteiger partial charge in [0.25, 0.3) is 0 Å². The van der Waals surface area contributed by atoms with Crippen LogP contribution in [-0.2, 0) is 0 Å². The van der Waals surface area contributed by atoms with Crippen molar-refractivity contribution in [2.75, 3.05) is 11.5 Å². The maximum absolute atomic E-state index is 9.34. The van der Waals surface area contributed by atoms with E-state index < -0.39 is 5.41 Å². The zero-order valence-corrected chi connectivity index (χ0v) is 12.7. The van der Waals surface area contributed by atoms with Crippen LogP contribution in [0.5, 0.6) is 0 Å². The smallest absolute Gasteiger partial charge is 0.133 e. The Hall–Kier alpha value is -2.06. The van der Waals surface area contributed by atoms with Gasteiger partial charge in [0.1, 0.15) is 10.8 Å². The molecule has 1 rings (SSSR count). The number of nitrogens with zero attached hydrogens (tertiary/aromatic N) is 4. The van der Waals surface area contributed by atoms with Gasteiger partial charge >= 0.3 is 0 Å². The van der Waals surface area contributed by atoms with Crippen molar-refractivity contribution in [2.24, 2.45) is 5.41 Å². The standard InChI is InChI=1S/C13H11N5S2/c1-13(2)9(3-14)11(5-19-7-16)18-12(6-20-8-17)10(13)4-15/h18H,5-6H2,1-2H3. The summed E-state index contributed by atoms with van der Waals surface area (Å²) in [7, 11) is 0.